The van der Waals surface area contributed by atoms with Crippen molar-refractivity contribution in [3.05, 3.63) is 53.4 Å². The highest BCUT2D eigenvalue weighted by Crippen LogP contribution is 2.27. The lowest BCUT2D eigenvalue weighted by molar-refractivity contribution is 0.0991. The number of piperidine rings is 1. The minimum Gasteiger partial charge on any atom is -0.423 e. The lowest BCUT2D eigenvalue weighted by Crippen LogP contribution is -2.42. The van der Waals surface area contributed by atoms with Gasteiger partial charge < -0.3 is 24.0 Å². The van der Waals surface area contributed by atoms with Gasteiger partial charge in [-0.05, 0) is 75.4 Å². The van der Waals surface area contributed by atoms with Crippen LogP contribution in [0.1, 0.15) is 23.5 Å². The summed E-state index contributed by atoms with van der Waals surface area (Å²) in [5, 5.41) is 11.2. The molecule has 10 heteroatoms. The summed E-state index contributed by atoms with van der Waals surface area (Å²) >= 11 is 5.90. The molecule has 1 saturated heterocycles. The van der Waals surface area contributed by atoms with Crippen molar-refractivity contribution >= 4 is 40.3 Å². The van der Waals surface area contributed by atoms with Gasteiger partial charge in [-0.25, -0.2) is 0 Å². The van der Waals surface area contributed by atoms with Gasteiger partial charge in [0.2, 0.25) is 5.89 Å². The fraction of sp³-hybridized carbons (Fsp3) is 0.304. The zero-order valence-electron chi connectivity index (χ0n) is 18.3. The number of oxazole rings is 1. The van der Waals surface area contributed by atoms with E-state index in [9.17, 15) is 4.79 Å². The van der Waals surface area contributed by atoms with E-state index in [1.54, 1.807) is 42.5 Å². The highest BCUT2D eigenvalue weighted by Gasteiger charge is 2.24. The molecular formula is C23H23ClN6O3. The summed E-state index contributed by atoms with van der Waals surface area (Å²) < 4.78 is 11.5. The molecule has 0 atom stereocenters. The van der Waals surface area contributed by atoms with Crippen molar-refractivity contribution in [3.8, 4) is 11.5 Å². The SMILES string of the molecule is CN1CCC(N(C)c2nc3cc(NC(=O)c4nnc(-c5ccc(Cl)cc5)o4)ccc3o2)CC1. The van der Waals surface area contributed by atoms with Crippen molar-refractivity contribution in [2.75, 3.05) is 37.4 Å². The lowest BCUT2D eigenvalue weighted by atomic mass is 10.0. The molecule has 1 amide bonds. The van der Waals surface area contributed by atoms with Crippen LogP contribution in [0.15, 0.2) is 51.3 Å². The third-order valence-corrected chi connectivity index (χ3v) is 6.13. The van der Waals surface area contributed by atoms with Crippen molar-refractivity contribution in [3.63, 3.8) is 0 Å². The second-order valence-electron chi connectivity index (χ2n) is 8.20. The third-order valence-electron chi connectivity index (χ3n) is 5.88. The van der Waals surface area contributed by atoms with Gasteiger partial charge in [0.15, 0.2) is 5.58 Å². The fourth-order valence-corrected chi connectivity index (χ4v) is 4.02. The second-order valence-corrected chi connectivity index (χ2v) is 8.63. The van der Waals surface area contributed by atoms with Gasteiger partial charge in [-0.1, -0.05) is 11.6 Å². The highest BCUT2D eigenvalue weighted by molar-refractivity contribution is 6.30. The number of rotatable bonds is 5. The molecule has 0 bridgehead atoms. The van der Waals surface area contributed by atoms with E-state index in [0.717, 1.165) is 25.9 Å². The number of nitrogens with zero attached hydrogens (tertiary/aromatic N) is 5. The summed E-state index contributed by atoms with van der Waals surface area (Å²) in [6.45, 7) is 2.11. The highest BCUT2D eigenvalue weighted by atomic mass is 35.5. The van der Waals surface area contributed by atoms with E-state index in [2.05, 4.69) is 37.3 Å². The number of amides is 1. The van der Waals surface area contributed by atoms with Gasteiger partial charge >= 0.3 is 11.8 Å². The first-order valence-corrected chi connectivity index (χ1v) is 11.1. The molecule has 2 aromatic heterocycles. The Hall–Kier alpha value is -3.43. The predicted molar refractivity (Wildman–Crippen MR) is 126 cm³/mol. The van der Waals surface area contributed by atoms with E-state index in [1.807, 2.05) is 7.05 Å². The summed E-state index contributed by atoms with van der Waals surface area (Å²) in [5.74, 6) is -0.400. The van der Waals surface area contributed by atoms with Crippen LogP contribution < -0.4 is 10.2 Å². The Balaban J connectivity index is 1.29. The summed E-state index contributed by atoms with van der Waals surface area (Å²) in [4.78, 5) is 21.7. The molecule has 1 N–H and O–H groups in total. The average Bonchev–Trinajstić information content (AvgIpc) is 3.47. The number of nitrogens with one attached hydrogen (secondary N) is 1. The van der Waals surface area contributed by atoms with Crippen LogP contribution in [0, 0.1) is 0 Å². The summed E-state index contributed by atoms with van der Waals surface area (Å²) in [6, 6.07) is 13.2. The van der Waals surface area contributed by atoms with Crippen molar-refractivity contribution in [2.24, 2.45) is 0 Å². The van der Waals surface area contributed by atoms with Crippen LogP contribution in [-0.4, -0.2) is 59.2 Å². The van der Waals surface area contributed by atoms with E-state index in [-0.39, 0.29) is 11.8 Å². The van der Waals surface area contributed by atoms with Crippen LogP contribution in [0.3, 0.4) is 0 Å². The molecular weight excluding hydrogens is 444 g/mol. The largest absolute Gasteiger partial charge is 0.423 e. The van der Waals surface area contributed by atoms with Crippen molar-refractivity contribution in [1.29, 1.82) is 0 Å². The molecule has 2 aromatic carbocycles. The number of benzene rings is 2. The molecule has 170 valence electrons. The quantitative estimate of drug-likeness (QED) is 0.464. The Labute approximate surface area is 195 Å². The van der Waals surface area contributed by atoms with Gasteiger partial charge in [0.25, 0.3) is 6.01 Å². The Bertz CT molecular complexity index is 1280. The smallest absolute Gasteiger partial charge is 0.313 e. The van der Waals surface area contributed by atoms with Crippen LogP contribution in [-0.2, 0) is 0 Å². The second kappa shape index (κ2) is 8.84. The van der Waals surface area contributed by atoms with Crippen LogP contribution in [0.2, 0.25) is 5.02 Å². The number of anilines is 2. The van der Waals surface area contributed by atoms with Gasteiger partial charge in [0, 0.05) is 29.4 Å². The number of carbonyl (C=O) groups excluding carboxylic acids is 1. The van der Waals surface area contributed by atoms with Gasteiger partial charge in [-0.2, -0.15) is 4.98 Å². The molecule has 1 aliphatic rings. The third kappa shape index (κ3) is 4.55. The molecule has 4 aromatic rings. The molecule has 9 nitrogen and oxygen atoms in total. The lowest BCUT2D eigenvalue weighted by Gasteiger charge is -2.34. The van der Waals surface area contributed by atoms with Gasteiger partial charge in [-0.3, -0.25) is 4.79 Å². The Morgan fingerprint density at radius 2 is 1.88 bits per heavy atom. The standard InChI is InChI=1S/C23H23ClN6O3/c1-29-11-9-17(10-12-29)30(2)23-26-18-13-16(7-8-19(18)32-23)25-20(31)22-28-27-21(33-22)14-3-5-15(24)6-4-14/h3-8,13,17H,9-12H2,1-2H3,(H,25,31). The number of aromatic nitrogens is 3. The van der Waals surface area contributed by atoms with E-state index < -0.39 is 5.91 Å². The monoisotopic (exact) mass is 466 g/mol. The first kappa shape index (κ1) is 21.4. The van der Waals surface area contributed by atoms with Crippen molar-refractivity contribution < 1.29 is 13.6 Å². The van der Waals surface area contributed by atoms with Gasteiger partial charge in [0.05, 0.1) is 0 Å². The first-order valence-electron chi connectivity index (χ1n) is 10.7. The summed E-state index contributed by atoms with van der Waals surface area (Å²) in [6.07, 6.45) is 2.13. The number of likely N-dealkylation sites (tertiary alicyclic amines) is 1. The number of hydrogen-bond donors (Lipinski definition) is 1. The van der Waals surface area contributed by atoms with Crippen LogP contribution in [0.25, 0.3) is 22.6 Å². The van der Waals surface area contributed by atoms with E-state index in [1.165, 1.54) is 0 Å². The summed E-state index contributed by atoms with van der Waals surface area (Å²) in [7, 11) is 4.15. The molecule has 1 fully saturated rings. The van der Waals surface area contributed by atoms with E-state index in [4.69, 9.17) is 20.4 Å². The number of carbonyl (C=O) groups is 1. The predicted octanol–water partition coefficient (Wildman–Crippen LogP) is 4.31. The first-order chi connectivity index (χ1) is 16.0. The molecule has 33 heavy (non-hydrogen) atoms. The molecule has 0 saturated carbocycles. The topological polar surface area (TPSA) is 101 Å². The maximum atomic E-state index is 12.6. The van der Waals surface area contributed by atoms with Crippen LogP contribution >= 0.6 is 11.6 Å². The van der Waals surface area contributed by atoms with E-state index >= 15 is 0 Å². The van der Waals surface area contributed by atoms with Crippen LogP contribution in [0.4, 0.5) is 11.7 Å². The Morgan fingerprint density at radius 1 is 1.12 bits per heavy atom. The summed E-state index contributed by atoms with van der Waals surface area (Å²) in [5.41, 5.74) is 2.55. The maximum absolute atomic E-state index is 12.6. The minimum absolute atomic E-state index is 0.136. The molecule has 0 aliphatic carbocycles. The van der Waals surface area contributed by atoms with Gasteiger partial charge in [-0.15, -0.1) is 10.2 Å². The normalized spacial score (nSPS) is 15.1. The zero-order chi connectivity index (χ0) is 22.9. The van der Waals surface area contributed by atoms with Crippen molar-refractivity contribution in [2.45, 2.75) is 18.9 Å². The zero-order valence-corrected chi connectivity index (χ0v) is 19.0. The average molecular weight is 467 g/mol. The Morgan fingerprint density at radius 3 is 2.64 bits per heavy atom. The van der Waals surface area contributed by atoms with Crippen molar-refractivity contribution in [1.82, 2.24) is 20.1 Å². The maximum Gasteiger partial charge on any atom is 0.313 e. The van der Waals surface area contributed by atoms with Crippen LogP contribution in [0.5, 0.6) is 0 Å². The number of halogens is 1. The molecule has 0 unspecified atom stereocenters. The number of fused-ring (bicyclic) bond motifs is 1. The minimum atomic E-state index is -0.505. The molecule has 3 heterocycles. The van der Waals surface area contributed by atoms with E-state index in [0.29, 0.717) is 39.4 Å². The molecule has 1 aliphatic heterocycles. The molecule has 0 spiro atoms. The van der Waals surface area contributed by atoms with Gasteiger partial charge in [0.1, 0.15) is 5.52 Å². The Kier molecular flexibility index (Phi) is 5.74. The molecule has 5 rings (SSSR count). The molecule has 0 radical (unpaired) electrons. The fourth-order valence-electron chi connectivity index (χ4n) is 3.89. The number of hydrogen-bond acceptors (Lipinski definition) is 8.